The standard InChI is InChI=1S/C10H12FNOS/c1-2-8-9(12)6-4-3-5-7(11)10(6)14(8)13/h3-5,8-9H,2,12H2,1H3. The molecule has 1 aliphatic rings. The average molecular weight is 213 g/mol. The zero-order valence-corrected chi connectivity index (χ0v) is 8.68. The molecule has 0 radical (unpaired) electrons. The Bertz CT molecular complexity index is 394. The van der Waals surface area contributed by atoms with Crippen molar-refractivity contribution in [1.29, 1.82) is 0 Å². The van der Waals surface area contributed by atoms with Gasteiger partial charge >= 0.3 is 0 Å². The Morgan fingerprint density at radius 2 is 2.29 bits per heavy atom. The summed E-state index contributed by atoms with van der Waals surface area (Å²) in [5.74, 6) is -0.396. The zero-order chi connectivity index (χ0) is 10.3. The van der Waals surface area contributed by atoms with E-state index in [2.05, 4.69) is 0 Å². The third-order valence-electron chi connectivity index (χ3n) is 2.64. The molecule has 0 aromatic heterocycles. The van der Waals surface area contributed by atoms with Crippen molar-refractivity contribution in [2.75, 3.05) is 0 Å². The third-order valence-corrected chi connectivity index (χ3v) is 4.65. The Labute approximate surface area is 84.8 Å². The lowest BCUT2D eigenvalue weighted by molar-refractivity contribution is 0.591. The number of benzene rings is 1. The van der Waals surface area contributed by atoms with E-state index in [1.165, 1.54) is 6.07 Å². The molecule has 3 atom stereocenters. The van der Waals surface area contributed by atoms with Crippen LogP contribution in [-0.2, 0) is 10.8 Å². The van der Waals surface area contributed by atoms with E-state index in [1.807, 2.05) is 6.92 Å². The lowest BCUT2D eigenvalue weighted by atomic mass is 10.0. The normalized spacial score (nSPS) is 30.4. The van der Waals surface area contributed by atoms with E-state index in [0.717, 1.165) is 0 Å². The molecule has 0 spiro atoms. The van der Waals surface area contributed by atoms with Crippen LogP contribution in [0.3, 0.4) is 0 Å². The predicted octanol–water partition coefficient (Wildman–Crippen LogP) is 1.73. The number of fused-ring (bicyclic) bond motifs is 1. The highest BCUT2D eigenvalue weighted by atomic mass is 32.2. The van der Waals surface area contributed by atoms with Crippen molar-refractivity contribution in [1.82, 2.24) is 0 Å². The quantitative estimate of drug-likeness (QED) is 0.772. The maximum atomic E-state index is 13.4. The van der Waals surface area contributed by atoms with Crippen molar-refractivity contribution < 1.29 is 8.60 Å². The van der Waals surface area contributed by atoms with Crippen molar-refractivity contribution in [3.63, 3.8) is 0 Å². The highest BCUT2D eigenvalue weighted by molar-refractivity contribution is 7.86. The van der Waals surface area contributed by atoms with Gasteiger partial charge in [0.15, 0.2) is 0 Å². The zero-order valence-electron chi connectivity index (χ0n) is 7.87. The van der Waals surface area contributed by atoms with Gasteiger partial charge in [0.05, 0.1) is 20.9 Å². The van der Waals surface area contributed by atoms with Gasteiger partial charge in [-0.1, -0.05) is 19.1 Å². The van der Waals surface area contributed by atoms with Gasteiger partial charge in [-0.2, -0.15) is 0 Å². The van der Waals surface area contributed by atoms with Crippen LogP contribution in [0.15, 0.2) is 23.1 Å². The van der Waals surface area contributed by atoms with Crippen LogP contribution in [0, 0.1) is 5.82 Å². The minimum atomic E-state index is -1.28. The van der Waals surface area contributed by atoms with Gasteiger partial charge in [0, 0.05) is 6.04 Å². The molecular formula is C10H12FNOS. The molecule has 0 fully saturated rings. The summed E-state index contributed by atoms with van der Waals surface area (Å²) in [5, 5.41) is -0.137. The molecule has 0 saturated carbocycles. The number of halogens is 1. The monoisotopic (exact) mass is 213 g/mol. The molecular weight excluding hydrogens is 201 g/mol. The summed E-state index contributed by atoms with van der Waals surface area (Å²) in [6, 6.07) is 4.42. The number of hydrogen-bond donors (Lipinski definition) is 1. The second-order valence-electron chi connectivity index (χ2n) is 3.43. The summed E-state index contributed by atoms with van der Waals surface area (Å²) >= 11 is 0. The molecule has 2 rings (SSSR count). The first kappa shape index (κ1) is 9.80. The molecule has 1 aliphatic heterocycles. The van der Waals surface area contributed by atoms with Gasteiger partial charge in [0.25, 0.3) is 0 Å². The van der Waals surface area contributed by atoms with E-state index in [1.54, 1.807) is 12.1 Å². The van der Waals surface area contributed by atoms with E-state index in [-0.39, 0.29) is 11.3 Å². The van der Waals surface area contributed by atoms with Crippen molar-refractivity contribution in [2.45, 2.75) is 29.5 Å². The van der Waals surface area contributed by atoms with Gasteiger partial charge in [-0.15, -0.1) is 0 Å². The minimum Gasteiger partial charge on any atom is -0.323 e. The van der Waals surface area contributed by atoms with Crippen LogP contribution in [0.25, 0.3) is 0 Å². The highest BCUT2D eigenvalue weighted by Crippen LogP contribution is 2.37. The van der Waals surface area contributed by atoms with E-state index in [9.17, 15) is 8.60 Å². The lowest BCUT2D eigenvalue weighted by Gasteiger charge is -2.10. The molecule has 1 aromatic carbocycles. The fraction of sp³-hybridized carbons (Fsp3) is 0.400. The Hall–Kier alpha value is -0.740. The van der Waals surface area contributed by atoms with Crippen molar-refractivity contribution in [3.05, 3.63) is 29.6 Å². The summed E-state index contributed by atoms with van der Waals surface area (Å²) in [6.45, 7) is 1.92. The Morgan fingerprint density at radius 3 is 2.86 bits per heavy atom. The van der Waals surface area contributed by atoms with Gasteiger partial charge in [-0.3, -0.25) is 4.21 Å². The van der Waals surface area contributed by atoms with Crippen LogP contribution in [0.2, 0.25) is 0 Å². The second-order valence-corrected chi connectivity index (χ2v) is 5.04. The SMILES string of the molecule is CCC1C(N)c2cccc(F)c2S1=O. The number of nitrogens with two attached hydrogens (primary N) is 1. The van der Waals surface area contributed by atoms with Gasteiger partial charge in [0.1, 0.15) is 5.82 Å². The van der Waals surface area contributed by atoms with E-state index >= 15 is 0 Å². The lowest BCUT2D eigenvalue weighted by Crippen LogP contribution is -2.22. The van der Waals surface area contributed by atoms with Crippen LogP contribution in [0.4, 0.5) is 4.39 Å². The number of rotatable bonds is 1. The predicted molar refractivity (Wildman–Crippen MR) is 53.8 cm³/mol. The van der Waals surface area contributed by atoms with Crippen LogP contribution in [0.1, 0.15) is 24.9 Å². The van der Waals surface area contributed by atoms with Crippen molar-refractivity contribution in [2.24, 2.45) is 5.73 Å². The van der Waals surface area contributed by atoms with E-state index in [0.29, 0.717) is 16.9 Å². The molecule has 1 heterocycles. The molecule has 2 nitrogen and oxygen atoms in total. The Morgan fingerprint density at radius 1 is 1.57 bits per heavy atom. The van der Waals surface area contributed by atoms with Crippen molar-refractivity contribution in [3.8, 4) is 0 Å². The van der Waals surface area contributed by atoms with Gasteiger partial charge in [-0.05, 0) is 18.1 Å². The third kappa shape index (κ3) is 1.21. The molecule has 76 valence electrons. The molecule has 0 bridgehead atoms. The molecule has 0 saturated heterocycles. The topological polar surface area (TPSA) is 43.1 Å². The maximum Gasteiger partial charge on any atom is 0.139 e. The summed E-state index contributed by atoms with van der Waals surface area (Å²) in [5.41, 5.74) is 6.60. The van der Waals surface area contributed by atoms with Crippen LogP contribution in [0.5, 0.6) is 0 Å². The summed E-state index contributed by atoms with van der Waals surface area (Å²) in [4.78, 5) is 0.312. The smallest absolute Gasteiger partial charge is 0.139 e. The van der Waals surface area contributed by atoms with Gasteiger partial charge < -0.3 is 5.73 Å². The minimum absolute atomic E-state index is 0.137. The highest BCUT2D eigenvalue weighted by Gasteiger charge is 2.37. The van der Waals surface area contributed by atoms with E-state index < -0.39 is 16.6 Å². The first-order chi connectivity index (χ1) is 6.66. The largest absolute Gasteiger partial charge is 0.323 e. The fourth-order valence-corrected chi connectivity index (χ4v) is 3.61. The van der Waals surface area contributed by atoms with Crippen LogP contribution in [-0.4, -0.2) is 9.46 Å². The Balaban J connectivity index is 2.58. The number of hydrogen-bond acceptors (Lipinski definition) is 2. The first-order valence-electron chi connectivity index (χ1n) is 4.61. The molecule has 4 heteroatoms. The molecule has 2 N–H and O–H groups in total. The Kier molecular flexibility index (Phi) is 2.41. The summed E-state index contributed by atoms with van der Waals surface area (Å²) in [6.07, 6.45) is 0.710. The molecule has 1 aromatic rings. The van der Waals surface area contributed by atoms with Crippen molar-refractivity contribution >= 4 is 10.8 Å². The average Bonchev–Trinajstić information content (AvgIpc) is 2.41. The maximum absolute atomic E-state index is 13.4. The van der Waals surface area contributed by atoms with E-state index in [4.69, 9.17) is 5.73 Å². The summed E-state index contributed by atoms with van der Waals surface area (Å²) < 4.78 is 25.2. The molecule has 3 unspecified atom stereocenters. The van der Waals surface area contributed by atoms with Crippen LogP contribution < -0.4 is 5.73 Å². The fourth-order valence-electron chi connectivity index (χ4n) is 1.89. The van der Waals surface area contributed by atoms with Gasteiger partial charge in [0.2, 0.25) is 0 Å². The molecule has 0 aliphatic carbocycles. The molecule has 0 amide bonds. The second kappa shape index (κ2) is 3.44. The molecule has 14 heavy (non-hydrogen) atoms. The summed E-state index contributed by atoms with van der Waals surface area (Å²) in [7, 11) is -1.28. The first-order valence-corrected chi connectivity index (χ1v) is 5.82. The van der Waals surface area contributed by atoms with Gasteiger partial charge in [-0.25, -0.2) is 4.39 Å². The van der Waals surface area contributed by atoms with Crippen LogP contribution >= 0.6 is 0 Å².